The molecule has 5 aromatic rings. The lowest BCUT2D eigenvalue weighted by molar-refractivity contribution is -0.384. The molecule has 240 valence electrons. The molecule has 1 atom stereocenters. The number of methoxy groups -OCH3 is 1. The molecule has 0 heterocycles. The summed E-state index contributed by atoms with van der Waals surface area (Å²) in [6, 6.07) is 37.5. The minimum absolute atomic E-state index is 0.0749. The van der Waals surface area contributed by atoms with Crippen molar-refractivity contribution in [3.63, 3.8) is 0 Å². The van der Waals surface area contributed by atoms with Crippen molar-refractivity contribution in [1.82, 2.24) is 5.32 Å². The lowest BCUT2D eigenvalue weighted by Crippen LogP contribution is -2.30. The molecule has 0 saturated carbocycles. The number of benzene rings is 5. The van der Waals surface area contributed by atoms with Crippen LogP contribution in [0.4, 0.5) is 17.1 Å². The first-order valence-corrected chi connectivity index (χ1v) is 15.6. The molecule has 0 aliphatic carbocycles. The normalized spacial score (nSPS) is 11.6. The van der Waals surface area contributed by atoms with Crippen LogP contribution in [0.5, 0.6) is 5.75 Å². The summed E-state index contributed by atoms with van der Waals surface area (Å²) in [6.07, 6.45) is 1.44. The SMILES string of the molecule is COc1ccccc1NC(=O)C(Sc1cccc(NC(=O)/C(=C\c2ccc([N+](=O)[O-])cc2)NC(=O)c2ccccc2)c1)c1ccccc1. The third kappa shape index (κ3) is 8.74. The van der Waals surface area contributed by atoms with Crippen LogP contribution in [0.2, 0.25) is 0 Å². The number of carbonyl (C=O) groups excluding carboxylic acids is 3. The van der Waals surface area contributed by atoms with Crippen molar-refractivity contribution in [2.24, 2.45) is 0 Å². The Morgan fingerprint density at radius 3 is 2.15 bits per heavy atom. The van der Waals surface area contributed by atoms with Crippen LogP contribution >= 0.6 is 11.8 Å². The molecule has 0 fully saturated rings. The van der Waals surface area contributed by atoms with E-state index in [1.807, 2.05) is 48.5 Å². The van der Waals surface area contributed by atoms with Gasteiger partial charge >= 0.3 is 0 Å². The summed E-state index contributed by atoms with van der Waals surface area (Å²) in [5.41, 5.74) is 2.37. The van der Waals surface area contributed by atoms with Crippen LogP contribution in [0.25, 0.3) is 6.08 Å². The van der Waals surface area contributed by atoms with E-state index in [2.05, 4.69) is 16.0 Å². The second-order valence-corrected chi connectivity index (χ2v) is 11.5. The molecule has 11 heteroatoms. The maximum Gasteiger partial charge on any atom is 0.272 e. The maximum absolute atomic E-state index is 13.6. The highest BCUT2D eigenvalue weighted by Gasteiger charge is 2.24. The number of thioether (sulfide) groups is 1. The van der Waals surface area contributed by atoms with Gasteiger partial charge in [-0.3, -0.25) is 24.5 Å². The Kier molecular flexibility index (Phi) is 11.0. The zero-order valence-electron chi connectivity index (χ0n) is 25.7. The molecule has 0 bridgehead atoms. The molecule has 5 rings (SSSR count). The molecule has 1 unspecified atom stereocenters. The van der Waals surface area contributed by atoms with Crippen molar-refractivity contribution in [2.45, 2.75) is 10.1 Å². The molecule has 3 amide bonds. The molecule has 0 spiro atoms. The third-order valence-electron chi connectivity index (χ3n) is 6.99. The zero-order chi connectivity index (χ0) is 33.9. The number of nitro groups is 1. The number of nitrogens with zero attached hydrogens (tertiary/aromatic N) is 1. The molecule has 10 nitrogen and oxygen atoms in total. The summed E-state index contributed by atoms with van der Waals surface area (Å²) < 4.78 is 5.40. The smallest absolute Gasteiger partial charge is 0.272 e. The zero-order valence-corrected chi connectivity index (χ0v) is 26.5. The minimum Gasteiger partial charge on any atom is -0.495 e. The second-order valence-electron chi connectivity index (χ2n) is 10.3. The van der Waals surface area contributed by atoms with E-state index < -0.39 is 22.0 Å². The number of carbonyl (C=O) groups is 3. The van der Waals surface area contributed by atoms with Gasteiger partial charge in [0.25, 0.3) is 17.5 Å². The predicted octanol–water partition coefficient (Wildman–Crippen LogP) is 7.49. The predicted molar refractivity (Wildman–Crippen MR) is 187 cm³/mol. The number of amides is 3. The number of non-ortho nitro benzene ring substituents is 1. The van der Waals surface area contributed by atoms with E-state index in [0.29, 0.717) is 33.1 Å². The number of anilines is 2. The van der Waals surface area contributed by atoms with Gasteiger partial charge in [-0.25, -0.2) is 0 Å². The lowest BCUT2D eigenvalue weighted by atomic mass is 10.1. The van der Waals surface area contributed by atoms with Crippen LogP contribution in [0.3, 0.4) is 0 Å². The quantitative estimate of drug-likeness (QED) is 0.0546. The third-order valence-corrected chi connectivity index (χ3v) is 8.24. The highest BCUT2D eigenvalue weighted by molar-refractivity contribution is 8.00. The fraction of sp³-hybridized carbons (Fsp3) is 0.0541. The monoisotopic (exact) mass is 658 g/mol. The molecular weight excluding hydrogens is 628 g/mol. The number of hydrogen-bond acceptors (Lipinski definition) is 7. The molecule has 5 aromatic carbocycles. The van der Waals surface area contributed by atoms with Crippen LogP contribution in [0.15, 0.2) is 144 Å². The van der Waals surface area contributed by atoms with Gasteiger partial charge in [0.15, 0.2) is 0 Å². The molecule has 0 aliphatic rings. The Balaban J connectivity index is 1.39. The Bertz CT molecular complexity index is 1950. The fourth-order valence-electron chi connectivity index (χ4n) is 4.63. The van der Waals surface area contributed by atoms with Crippen LogP contribution in [0, 0.1) is 10.1 Å². The highest BCUT2D eigenvalue weighted by Crippen LogP contribution is 2.38. The summed E-state index contributed by atoms with van der Waals surface area (Å²) in [5.74, 6) is -0.852. The second kappa shape index (κ2) is 15.9. The van der Waals surface area contributed by atoms with E-state index in [-0.39, 0.29) is 17.3 Å². The average molecular weight is 659 g/mol. The van der Waals surface area contributed by atoms with Gasteiger partial charge in [0, 0.05) is 28.3 Å². The first-order valence-electron chi connectivity index (χ1n) is 14.7. The summed E-state index contributed by atoms with van der Waals surface area (Å²) in [5, 5.41) is 18.9. The Morgan fingerprint density at radius 2 is 1.46 bits per heavy atom. The largest absolute Gasteiger partial charge is 0.495 e. The van der Waals surface area contributed by atoms with Crippen molar-refractivity contribution in [3.8, 4) is 5.75 Å². The van der Waals surface area contributed by atoms with Gasteiger partial charge in [-0.15, -0.1) is 11.8 Å². The molecule has 0 radical (unpaired) electrons. The Morgan fingerprint density at radius 1 is 0.792 bits per heavy atom. The molecule has 3 N–H and O–H groups in total. The highest BCUT2D eigenvalue weighted by atomic mass is 32.2. The van der Waals surface area contributed by atoms with E-state index in [1.165, 1.54) is 49.2 Å². The van der Waals surface area contributed by atoms with Crippen LogP contribution in [-0.4, -0.2) is 29.8 Å². The van der Waals surface area contributed by atoms with Crippen molar-refractivity contribution >= 4 is 52.6 Å². The first kappa shape index (κ1) is 33.2. The summed E-state index contributed by atoms with van der Waals surface area (Å²) >= 11 is 1.30. The van der Waals surface area contributed by atoms with Gasteiger partial charge in [0.1, 0.15) is 16.7 Å². The topological polar surface area (TPSA) is 140 Å². The van der Waals surface area contributed by atoms with Gasteiger partial charge in [0.2, 0.25) is 5.91 Å². The van der Waals surface area contributed by atoms with Crippen LogP contribution in [0.1, 0.15) is 26.7 Å². The lowest BCUT2D eigenvalue weighted by Gasteiger charge is -2.19. The maximum atomic E-state index is 13.6. The molecule has 0 aliphatic heterocycles. The molecule has 0 aromatic heterocycles. The van der Waals surface area contributed by atoms with Crippen molar-refractivity contribution in [3.05, 3.63) is 166 Å². The summed E-state index contributed by atoms with van der Waals surface area (Å²) in [6.45, 7) is 0. The average Bonchev–Trinajstić information content (AvgIpc) is 3.11. The number of para-hydroxylation sites is 2. The van der Waals surface area contributed by atoms with Gasteiger partial charge in [-0.2, -0.15) is 0 Å². The van der Waals surface area contributed by atoms with Crippen LogP contribution < -0.4 is 20.7 Å². The number of nitrogens with one attached hydrogen (secondary N) is 3. The standard InChI is InChI=1S/C37H30N4O6S/c1-47-33-18-9-8-17-31(33)39-37(44)34(26-11-4-2-5-12-26)48-30-16-10-15-28(24-30)38-36(43)32(40-35(42)27-13-6-3-7-14-27)23-25-19-21-29(22-20-25)41(45)46/h2-24,34H,1H3,(H,38,43)(H,39,44)(H,40,42)/b32-23+. The van der Waals surface area contributed by atoms with Gasteiger partial charge < -0.3 is 20.7 Å². The van der Waals surface area contributed by atoms with Gasteiger partial charge in [-0.05, 0) is 71.8 Å². The van der Waals surface area contributed by atoms with E-state index in [9.17, 15) is 24.5 Å². The Hall–Kier alpha value is -6.20. The fourth-order valence-corrected chi connectivity index (χ4v) is 5.71. The van der Waals surface area contributed by atoms with Gasteiger partial charge in [-0.1, -0.05) is 66.7 Å². The molecule has 48 heavy (non-hydrogen) atoms. The van der Waals surface area contributed by atoms with Crippen molar-refractivity contribution in [1.29, 1.82) is 0 Å². The number of ether oxygens (including phenoxy) is 1. The molecular formula is C37H30N4O6S. The number of nitro benzene ring substituents is 1. The summed E-state index contributed by atoms with van der Waals surface area (Å²) in [7, 11) is 1.54. The first-order chi connectivity index (χ1) is 23.3. The number of rotatable bonds is 12. The van der Waals surface area contributed by atoms with Crippen LogP contribution in [-0.2, 0) is 9.59 Å². The number of hydrogen-bond donors (Lipinski definition) is 3. The van der Waals surface area contributed by atoms with Crippen molar-refractivity contribution < 1.29 is 24.0 Å². The Labute approximate surface area is 281 Å². The van der Waals surface area contributed by atoms with E-state index in [0.717, 1.165) is 5.56 Å². The van der Waals surface area contributed by atoms with E-state index in [4.69, 9.17) is 4.74 Å². The minimum atomic E-state index is -0.648. The molecule has 0 saturated heterocycles. The van der Waals surface area contributed by atoms with Crippen molar-refractivity contribution in [2.75, 3.05) is 17.7 Å². The van der Waals surface area contributed by atoms with E-state index >= 15 is 0 Å². The summed E-state index contributed by atoms with van der Waals surface area (Å²) in [4.78, 5) is 51.6. The van der Waals surface area contributed by atoms with E-state index in [1.54, 1.807) is 60.7 Å². The van der Waals surface area contributed by atoms with Gasteiger partial charge in [0.05, 0.1) is 17.7 Å².